The van der Waals surface area contributed by atoms with E-state index in [4.69, 9.17) is 4.74 Å². The van der Waals surface area contributed by atoms with Crippen molar-refractivity contribution in [2.75, 3.05) is 33.3 Å². The fraction of sp³-hybridized carbons (Fsp3) is 0.667. The molecule has 1 aliphatic heterocycles. The summed E-state index contributed by atoms with van der Waals surface area (Å²) >= 11 is 0. The van der Waals surface area contributed by atoms with Crippen LogP contribution in [0, 0.1) is 12.8 Å². The Balaban J connectivity index is 1.85. The molecule has 2 N–H and O–H groups in total. The summed E-state index contributed by atoms with van der Waals surface area (Å²) in [5.41, 5.74) is 2.37. The number of piperidine rings is 1. The van der Waals surface area contributed by atoms with Gasteiger partial charge in [0.15, 0.2) is 5.96 Å². The summed E-state index contributed by atoms with van der Waals surface area (Å²) in [5.74, 6) is 2.49. The van der Waals surface area contributed by atoms with E-state index in [1.807, 2.05) is 14.0 Å². The number of hydrogen-bond donors (Lipinski definition) is 2. The van der Waals surface area contributed by atoms with Crippen molar-refractivity contribution in [2.45, 2.75) is 53.1 Å². The molecule has 1 aromatic carbocycles. The molecule has 0 bridgehead atoms. The molecule has 1 heterocycles. The summed E-state index contributed by atoms with van der Waals surface area (Å²) in [6, 6.07) is 6.98. The Morgan fingerprint density at radius 1 is 1.35 bits per heavy atom. The first-order valence-corrected chi connectivity index (χ1v) is 9.94. The molecule has 5 heteroatoms. The van der Waals surface area contributed by atoms with Gasteiger partial charge in [-0.25, -0.2) is 0 Å². The van der Waals surface area contributed by atoms with Crippen molar-refractivity contribution in [3.63, 3.8) is 0 Å². The van der Waals surface area contributed by atoms with Crippen molar-refractivity contribution in [3.8, 4) is 5.75 Å². The summed E-state index contributed by atoms with van der Waals surface area (Å²) in [6.07, 6.45) is 2.58. The van der Waals surface area contributed by atoms with Crippen LogP contribution in [-0.2, 0) is 6.54 Å². The van der Waals surface area contributed by atoms with Crippen LogP contribution in [0.25, 0.3) is 0 Å². The second-order valence-electron chi connectivity index (χ2n) is 7.45. The van der Waals surface area contributed by atoms with Crippen molar-refractivity contribution in [1.82, 2.24) is 15.5 Å². The summed E-state index contributed by atoms with van der Waals surface area (Å²) in [4.78, 5) is 6.95. The maximum Gasteiger partial charge on any atom is 0.191 e. The van der Waals surface area contributed by atoms with Crippen molar-refractivity contribution >= 4 is 5.96 Å². The second-order valence-corrected chi connectivity index (χ2v) is 7.45. The molecule has 26 heavy (non-hydrogen) atoms. The molecular weight excluding hydrogens is 324 g/mol. The number of rotatable bonds is 7. The molecule has 146 valence electrons. The van der Waals surface area contributed by atoms with Crippen LogP contribution < -0.4 is 15.4 Å². The predicted molar refractivity (Wildman–Crippen MR) is 110 cm³/mol. The van der Waals surface area contributed by atoms with E-state index in [-0.39, 0.29) is 0 Å². The highest BCUT2D eigenvalue weighted by Crippen LogP contribution is 2.20. The molecule has 1 saturated heterocycles. The van der Waals surface area contributed by atoms with Crippen molar-refractivity contribution in [3.05, 3.63) is 29.3 Å². The standard InChI is InChI=1S/C21H36N4O/c1-6-26-20-12-17(4)9-10-19(20)14-24-21(22-5)23-13-18-8-7-11-25(15-18)16(2)3/h9-10,12,16,18H,6-8,11,13-15H2,1-5H3,(H2,22,23,24). The quantitative estimate of drug-likeness (QED) is 0.579. The summed E-state index contributed by atoms with van der Waals surface area (Å²) in [6.45, 7) is 13.4. The Labute approximate surface area is 159 Å². The Kier molecular flexibility index (Phi) is 8.23. The molecule has 0 amide bonds. The molecule has 1 fully saturated rings. The Morgan fingerprint density at radius 3 is 2.85 bits per heavy atom. The minimum Gasteiger partial charge on any atom is -0.494 e. The minimum absolute atomic E-state index is 0.633. The largest absolute Gasteiger partial charge is 0.494 e. The SMILES string of the molecule is CCOc1cc(C)ccc1CNC(=NC)NCC1CCCN(C(C)C)C1. The van der Waals surface area contributed by atoms with E-state index in [9.17, 15) is 0 Å². The summed E-state index contributed by atoms with van der Waals surface area (Å²) < 4.78 is 5.77. The van der Waals surface area contributed by atoms with Gasteiger partial charge in [0.2, 0.25) is 0 Å². The van der Waals surface area contributed by atoms with Crippen molar-refractivity contribution < 1.29 is 4.74 Å². The smallest absolute Gasteiger partial charge is 0.191 e. The van der Waals surface area contributed by atoms with Crippen LogP contribution >= 0.6 is 0 Å². The molecule has 2 rings (SSSR count). The Morgan fingerprint density at radius 2 is 2.15 bits per heavy atom. The molecular formula is C21H36N4O. The highest BCUT2D eigenvalue weighted by molar-refractivity contribution is 5.79. The number of nitrogens with one attached hydrogen (secondary N) is 2. The van der Waals surface area contributed by atoms with Gasteiger partial charge in [-0.2, -0.15) is 0 Å². The highest BCUT2D eigenvalue weighted by Gasteiger charge is 2.21. The zero-order valence-electron chi connectivity index (χ0n) is 17.1. The number of aliphatic imine (C=N–C) groups is 1. The van der Waals surface area contributed by atoms with E-state index >= 15 is 0 Å². The normalized spacial score (nSPS) is 18.8. The molecule has 0 radical (unpaired) electrons. The molecule has 1 aromatic rings. The number of guanidine groups is 1. The number of aryl methyl sites for hydroxylation is 1. The van der Waals surface area contributed by atoms with Crippen molar-refractivity contribution in [2.24, 2.45) is 10.9 Å². The number of hydrogen-bond acceptors (Lipinski definition) is 3. The summed E-state index contributed by atoms with van der Waals surface area (Å²) in [7, 11) is 1.83. The van der Waals surface area contributed by atoms with Gasteiger partial charge in [-0.3, -0.25) is 4.99 Å². The van der Waals surface area contributed by atoms with Gasteiger partial charge in [-0.05, 0) is 64.6 Å². The van der Waals surface area contributed by atoms with Crippen LogP contribution in [0.3, 0.4) is 0 Å². The maximum absolute atomic E-state index is 5.77. The number of likely N-dealkylation sites (tertiary alicyclic amines) is 1. The first kappa shape index (κ1) is 20.6. The average Bonchev–Trinajstić information content (AvgIpc) is 2.63. The van der Waals surface area contributed by atoms with E-state index in [1.54, 1.807) is 0 Å². The van der Waals surface area contributed by atoms with E-state index in [1.165, 1.54) is 31.5 Å². The van der Waals surface area contributed by atoms with E-state index in [2.05, 4.69) is 59.5 Å². The van der Waals surface area contributed by atoms with Gasteiger partial charge in [0, 0.05) is 38.3 Å². The summed E-state index contributed by atoms with van der Waals surface area (Å²) in [5, 5.41) is 6.93. The van der Waals surface area contributed by atoms with Crippen LogP contribution in [0.15, 0.2) is 23.2 Å². The first-order chi connectivity index (χ1) is 12.5. The lowest BCUT2D eigenvalue weighted by Crippen LogP contribution is -2.46. The maximum atomic E-state index is 5.77. The lowest BCUT2D eigenvalue weighted by Gasteiger charge is -2.35. The van der Waals surface area contributed by atoms with Gasteiger partial charge >= 0.3 is 0 Å². The topological polar surface area (TPSA) is 48.9 Å². The van der Waals surface area contributed by atoms with Crippen LogP contribution in [0.4, 0.5) is 0 Å². The fourth-order valence-corrected chi connectivity index (χ4v) is 3.47. The van der Waals surface area contributed by atoms with Gasteiger partial charge in [0.05, 0.1) is 6.61 Å². The van der Waals surface area contributed by atoms with Crippen molar-refractivity contribution in [1.29, 1.82) is 0 Å². The predicted octanol–water partition coefficient (Wildman–Crippen LogP) is 3.18. The molecule has 0 spiro atoms. The zero-order chi connectivity index (χ0) is 18.9. The Bertz CT molecular complexity index is 585. The zero-order valence-corrected chi connectivity index (χ0v) is 17.1. The number of benzene rings is 1. The fourth-order valence-electron chi connectivity index (χ4n) is 3.47. The van der Waals surface area contributed by atoms with Gasteiger partial charge < -0.3 is 20.3 Å². The molecule has 0 aliphatic carbocycles. The molecule has 1 unspecified atom stereocenters. The molecule has 5 nitrogen and oxygen atoms in total. The Hall–Kier alpha value is -1.75. The van der Waals surface area contributed by atoms with Gasteiger partial charge in [0.1, 0.15) is 5.75 Å². The highest BCUT2D eigenvalue weighted by atomic mass is 16.5. The van der Waals surface area contributed by atoms with Gasteiger partial charge in [0.25, 0.3) is 0 Å². The van der Waals surface area contributed by atoms with Crippen LogP contribution in [0.5, 0.6) is 5.75 Å². The van der Waals surface area contributed by atoms with Gasteiger partial charge in [-0.1, -0.05) is 12.1 Å². The molecule has 1 aliphatic rings. The third-order valence-electron chi connectivity index (χ3n) is 5.03. The number of nitrogens with zero attached hydrogens (tertiary/aromatic N) is 2. The minimum atomic E-state index is 0.633. The average molecular weight is 361 g/mol. The van der Waals surface area contributed by atoms with E-state index in [0.717, 1.165) is 23.8 Å². The molecule has 0 saturated carbocycles. The van der Waals surface area contributed by atoms with Crippen LogP contribution in [0.2, 0.25) is 0 Å². The monoisotopic (exact) mass is 360 g/mol. The lowest BCUT2D eigenvalue weighted by molar-refractivity contribution is 0.141. The third-order valence-corrected chi connectivity index (χ3v) is 5.03. The molecule has 0 aromatic heterocycles. The van der Waals surface area contributed by atoms with Crippen LogP contribution in [-0.4, -0.2) is 50.2 Å². The van der Waals surface area contributed by atoms with E-state index in [0.29, 0.717) is 25.1 Å². The van der Waals surface area contributed by atoms with Crippen LogP contribution in [0.1, 0.15) is 44.7 Å². The third kappa shape index (κ3) is 6.20. The van der Waals surface area contributed by atoms with E-state index < -0.39 is 0 Å². The number of ether oxygens (including phenoxy) is 1. The molecule has 1 atom stereocenters. The second kappa shape index (κ2) is 10.4. The van der Waals surface area contributed by atoms with Gasteiger partial charge in [-0.15, -0.1) is 0 Å². The lowest BCUT2D eigenvalue weighted by atomic mass is 9.97. The first-order valence-electron chi connectivity index (χ1n) is 9.94.